The minimum Gasteiger partial charge on any atom is -0.482 e. The van der Waals surface area contributed by atoms with E-state index in [1.165, 1.54) is 18.2 Å². The molecule has 0 unspecified atom stereocenters. The molecule has 1 N–H and O–H groups in total. The van der Waals surface area contributed by atoms with E-state index in [2.05, 4.69) is 5.32 Å². The lowest BCUT2D eigenvalue weighted by Crippen LogP contribution is -2.25. The van der Waals surface area contributed by atoms with Crippen LogP contribution in [0, 0.1) is 11.3 Å². The van der Waals surface area contributed by atoms with Crippen LogP contribution in [0.2, 0.25) is 0 Å². The molecule has 0 atom stereocenters. The van der Waals surface area contributed by atoms with Gasteiger partial charge in [0, 0.05) is 5.56 Å². The normalized spacial score (nSPS) is 13.1. The summed E-state index contributed by atoms with van der Waals surface area (Å²) in [6.07, 6.45) is 0. The van der Waals surface area contributed by atoms with Crippen molar-refractivity contribution >= 4 is 17.4 Å². The van der Waals surface area contributed by atoms with Crippen LogP contribution in [-0.2, 0) is 4.79 Å². The number of ether oxygens (including phenoxy) is 1. The summed E-state index contributed by atoms with van der Waals surface area (Å²) in [5.41, 5.74) is 0.661. The molecule has 1 aliphatic heterocycles. The van der Waals surface area contributed by atoms with E-state index in [-0.39, 0.29) is 18.1 Å². The van der Waals surface area contributed by atoms with E-state index in [4.69, 9.17) is 10.00 Å². The molecule has 74 valence electrons. The summed E-state index contributed by atoms with van der Waals surface area (Å²) in [7, 11) is 0. The average Bonchev–Trinajstić information content (AvgIpc) is 2.27. The third-order valence-electron chi connectivity index (χ3n) is 1.98. The van der Waals surface area contributed by atoms with Gasteiger partial charge in [-0.05, 0) is 18.2 Å². The van der Waals surface area contributed by atoms with E-state index in [9.17, 15) is 9.59 Å². The average molecular weight is 202 g/mol. The molecule has 1 heterocycles. The molecule has 2 rings (SSSR count). The number of carbonyl (C=O) groups excluding carboxylic acids is 2. The van der Waals surface area contributed by atoms with Crippen molar-refractivity contribution < 1.29 is 14.3 Å². The van der Waals surface area contributed by atoms with Crippen LogP contribution in [0.1, 0.15) is 10.4 Å². The predicted octanol–water partition coefficient (Wildman–Crippen LogP) is 0.724. The van der Waals surface area contributed by atoms with E-state index in [1.54, 1.807) is 6.07 Å². The highest BCUT2D eigenvalue weighted by Gasteiger charge is 2.17. The van der Waals surface area contributed by atoms with Crippen molar-refractivity contribution in [1.82, 2.24) is 0 Å². The first-order chi connectivity index (χ1) is 7.20. The smallest absolute Gasteiger partial charge is 0.262 e. The SMILES string of the molecule is N#CC(=O)c1ccc2c(c1)NC(=O)CO2. The number of nitriles is 1. The van der Waals surface area contributed by atoms with Crippen LogP contribution in [0.3, 0.4) is 0 Å². The maximum Gasteiger partial charge on any atom is 0.262 e. The summed E-state index contributed by atoms with van der Waals surface area (Å²) in [6, 6.07) is 5.98. The van der Waals surface area contributed by atoms with Crippen molar-refractivity contribution in [2.45, 2.75) is 0 Å². The van der Waals surface area contributed by atoms with Gasteiger partial charge in [-0.25, -0.2) is 0 Å². The molecular formula is C10H6N2O3. The molecule has 0 aliphatic carbocycles. The summed E-state index contributed by atoms with van der Waals surface area (Å²) >= 11 is 0. The predicted molar refractivity (Wildman–Crippen MR) is 50.5 cm³/mol. The largest absolute Gasteiger partial charge is 0.482 e. The highest BCUT2D eigenvalue weighted by atomic mass is 16.5. The minimum absolute atomic E-state index is 0.0292. The molecule has 0 bridgehead atoms. The van der Waals surface area contributed by atoms with Gasteiger partial charge in [0.1, 0.15) is 11.8 Å². The lowest BCUT2D eigenvalue weighted by atomic mass is 10.1. The maximum absolute atomic E-state index is 11.1. The van der Waals surface area contributed by atoms with Crippen LogP contribution < -0.4 is 10.1 Å². The molecule has 1 aromatic carbocycles. The number of fused-ring (bicyclic) bond motifs is 1. The van der Waals surface area contributed by atoms with E-state index in [0.717, 1.165) is 0 Å². The molecule has 5 heteroatoms. The van der Waals surface area contributed by atoms with Gasteiger partial charge in [0.05, 0.1) is 5.69 Å². The third-order valence-corrected chi connectivity index (χ3v) is 1.98. The first-order valence-electron chi connectivity index (χ1n) is 4.22. The molecule has 0 spiro atoms. The first-order valence-corrected chi connectivity index (χ1v) is 4.22. The quantitative estimate of drug-likeness (QED) is 0.537. The van der Waals surface area contributed by atoms with Gasteiger partial charge in [0.25, 0.3) is 11.7 Å². The fourth-order valence-corrected chi connectivity index (χ4v) is 1.29. The zero-order valence-corrected chi connectivity index (χ0v) is 7.61. The molecule has 0 fully saturated rings. The molecule has 0 radical (unpaired) electrons. The number of Topliss-reactive ketones (excluding diaryl/α,β-unsaturated/α-hetero) is 1. The highest BCUT2D eigenvalue weighted by Crippen LogP contribution is 2.28. The fourth-order valence-electron chi connectivity index (χ4n) is 1.29. The summed E-state index contributed by atoms with van der Waals surface area (Å²) in [5.74, 6) is -0.411. The van der Waals surface area contributed by atoms with Gasteiger partial charge in [-0.15, -0.1) is 0 Å². The topological polar surface area (TPSA) is 79.2 Å². The molecule has 5 nitrogen and oxygen atoms in total. The number of rotatable bonds is 1. The van der Waals surface area contributed by atoms with E-state index in [1.807, 2.05) is 0 Å². The number of nitrogens with zero attached hydrogens (tertiary/aromatic N) is 1. The Balaban J connectivity index is 2.41. The molecule has 1 aliphatic rings. The van der Waals surface area contributed by atoms with Crippen LogP contribution >= 0.6 is 0 Å². The van der Waals surface area contributed by atoms with Gasteiger partial charge in [-0.1, -0.05) is 0 Å². The Bertz CT molecular complexity index is 488. The van der Waals surface area contributed by atoms with E-state index in [0.29, 0.717) is 11.4 Å². The van der Waals surface area contributed by atoms with Gasteiger partial charge < -0.3 is 10.1 Å². The van der Waals surface area contributed by atoms with Crippen LogP contribution in [0.4, 0.5) is 5.69 Å². The second kappa shape index (κ2) is 3.42. The van der Waals surface area contributed by atoms with Gasteiger partial charge >= 0.3 is 0 Å². The Labute approximate surface area is 85.3 Å². The molecular weight excluding hydrogens is 196 g/mol. The number of anilines is 1. The number of ketones is 1. The number of benzene rings is 1. The van der Waals surface area contributed by atoms with Crippen molar-refractivity contribution in [3.8, 4) is 11.8 Å². The van der Waals surface area contributed by atoms with Crippen molar-refractivity contribution in [3.05, 3.63) is 23.8 Å². The van der Waals surface area contributed by atoms with Gasteiger partial charge in [-0.2, -0.15) is 5.26 Å². The third kappa shape index (κ3) is 1.65. The summed E-state index contributed by atoms with van der Waals surface area (Å²) in [5, 5.41) is 11.0. The number of amides is 1. The van der Waals surface area contributed by atoms with Crippen molar-refractivity contribution in [2.75, 3.05) is 11.9 Å². The molecule has 0 aromatic heterocycles. The number of carbonyl (C=O) groups is 2. The maximum atomic E-state index is 11.1. The second-order valence-corrected chi connectivity index (χ2v) is 2.99. The van der Waals surface area contributed by atoms with Crippen LogP contribution in [0.25, 0.3) is 0 Å². The van der Waals surface area contributed by atoms with Crippen LogP contribution in [0.5, 0.6) is 5.75 Å². The molecule has 1 amide bonds. The van der Waals surface area contributed by atoms with Crippen molar-refractivity contribution in [1.29, 1.82) is 5.26 Å². The van der Waals surface area contributed by atoms with E-state index >= 15 is 0 Å². The lowest BCUT2D eigenvalue weighted by molar-refractivity contribution is -0.118. The Kier molecular flexibility index (Phi) is 2.10. The van der Waals surface area contributed by atoms with Crippen LogP contribution in [-0.4, -0.2) is 18.3 Å². The second-order valence-electron chi connectivity index (χ2n) is 2.99. The Morgan fingerprint density at radius 3 is 3.07 bits per heavy atom. The van der Waals surface area contributed by atoms with Gasteiger partial charge in [0.15, 0.2) is 6.61 Å². The highest BCUT2D eigenvalue weighted by molar-refractivity contribution is 6.09. The first kappa shape index (κ1) is 9.21. The number of nitrogens with one attached hydrogen (secondary N) is 1. The summed E-state index contributed by atoms with van der Waals surface area (Å²) < 4.78 is 5.10. The monoisotopic (exact) mass is 202 g/mol. The summed E-state index contributed by atoms with van der Waals surface area (Å²) in [6.45, 7) is -0.0292. The molecule has 15 heavy (non-hydrogen) atoms. The Morgan fingerprint density at radius 1 is 1.53 bits per heavy atom. The summed E-state index contributed by atoms with van der Waals surface area (Å²) in [4.78, 5) is 22.1. The van der Waals surface area contributed by atoms with Gasteiger partial charge in [0.2, 0.25) is 0 Å². The molecule has 1 aromatic rings. The van der Waals surface area contributed by atoms with Crippen LogP contribution in [0.15, 0.2) is 18.2 Å². The molecule has 0 saturated carbocycles. The van der Waals surface area contributed by atoms with Crippen molar-refractivity contribution in [2.24, 2.45) is 0 Å². The number of hydrogen-bond acceptors (Lipinski definition) is 4. The number of hydrogen-bond donors (Lipinski definition) is 1. The van der Waals surface area contributed by atoms with E-state index < -0.39 is 5.78 Å². The van der Waals surface area contributed by atoms with Gasteiger partial charge in [-0.3, -0.25) is 9.59 Å². The zero-order valence-electron chi connectivity index (χ0n) is 7.61. The van der Waals surface area contributed by atoms with Crippen molar-refractivity contribution in [3.63, 3.8) is 0 Å². The minimum atomic E-state index is -0.641. The zero-order chi connectivity index (χ0) is 10.8. The molecule has 0 saturated heterocycles. The lowest BCUT2D eigenvalue weighted by Gasteiger charge is -2.17. The standard InChI is InChI=1S/C10H6N2O3/c11-4-8(13)6-1-2-9-7(3-6)12-10(14)5-15-9/h1-3H,5H2,(H,12,14). The Hall–Kier alpha value is -2.35. The fraction of sp³-hybridized carbons (Fsp3) is 0.100. The Morgan fingerprint density at radius 2 is 2.33 bits per heavy atom.